The highest BCUT2D eigenvalue weighted by molar-refractivity contribution is 5.99. The van der Waals surface area contributed by atoms with Crippen molar-refractivity contribution in [2.45, 2.75) is 6.92 Å². The molecule has 0 saturated carbocycles. The second kappa shape index (κ2) is 13.0. The van der Waals surface area contributed by atoms with Gasteiger partial charge >= 0.3 is 0 Å². The summed E-state index contributed by atoms with van der Waals surface area (Å²) in [6, 6.07) is 48.4. The molecule has 7 aromatic rings. The Kier molecular flexibility index (Phi) is 7.71. The van der Waals surface area contributed by atoms with Crippen molar-refractivity contribution >= 4 is 46.4 Å². The summed E-state index contributed by atoms with van der Waals surface area (Å²) in [6.45, 7) is 2.61. The van der Waals surface area contributed by atoms with E-state index in [0.29, 0.717) is 6.61 Å². The van der Waals surface area contributed by atoms with Crippen LogP contribution in [0.4, 0.5) is 0 Å². The Labute approximate surface area is 296 Å². The average Bonchev–Trinajstić information content (AvgIpc) is 4.02. The second-order valence-corrected chi connectivity index (χ2v) is 12.6. The van der Waals surface area contributed by atoms with Crippen molar-refractivity contribution in [3.8, 4) is 50.3 Å². The number of H-pyrrole nitrogens is 2. The minimum atomic E-state index is 0.613. The van der Waals surface area contributed by atoms with Gasteiger partial charge in [0, 0.05) is 44.3 Å². The zero-order chi connectivity index (χ0) is 34.1. The normalized spacial score (nSPS) is 11.9. The molecule has 0 aliphatic carbocycles. The van der Waals surface area contributed by atoms with Crippen molar-refractivity contribution < 1.29 is 4.74 Å². The fraction of sp³-hybridized carbons (Fsp3) is 0.0435. The van der Waals surface area contributed by atoms with Gasteiger partial charge in [0.1, 0.15) is 5.75 Å². The predicted octanol–water partition coefficient (Wildman–Crippen LogP) is 11.7. The summed E-state index contributed by atoms with van der Waals surface area (Å²) in [5.41, 5.74) is 15.9. The van der Waals surface area contributed by atoms with E-state index in [1.807, 2.05) is 37.3 Å². The van der Waals surface area contributed by atoms with Crippen LogP contribution in [-0.4, -0.2) is 26.5 Å². The number of benzene rings is 4. The standard InChI is InChI=1S/C46H34N4O/c1-2-51-34-20-18-33(19-21-34)46-41-28-26-39(49-41)44(31-14-8-4-9-15-31)37-24-22-35(47-37)43(30-12-6-3-7-13-30)36-23-25-38(48-36)45(32-16-10-5-11-17-32)40-27-29-42(46)50-40/h3-29,47,50H,2H2,1H3. The number of ether oxygens (including phenoxy) is 1. The number of hydrogen-bond acceptors (Lipinski definition) is 3. The van der Waals surface area contributed by atoms with Gasteiger partial charge in [-0.3, -0.25) is 0 Å². The van der Waals surface area contributed by atoms with Crippen LogP contribution in [0.2, 0.25) is 0 Å². The van der Waals surface area contributed by atoms with E-state index in [-0.39, 0.29) is 0 Å². The summed E-state index contributed by atoms with van der Waals surface area (Å²) in [5, 5.41) is 0. The maximum Gasteiger partial charge on any atom is 0.119 e. The lowest BCUT2D eigenvalue weighted by Crippen LogP contribution is -1.91. The number of aromatic amines is 2. The highest BCUT2D eigenvalue weighted by atomic mass is 16.5. The molecule has 2 aliphatic rings. The van der Waals surface area contributed by atoms with E-state index in [9.17, 15) is 0 Å². The van der Waals surface area contributed by atoms with E-state index in [2.05, 4.69) is 143 Å². The summed E-state index contributed by atoms with van der Waals surface area (Å²) in [7, 11) is 0. The zero-order valence-electron chi connectivity index (χ0n) is 28.1. The van der Waals surface area contributed by atoms with Gasteiger partial charge in [-0.2, -0.15) is 0 Å². The van der Waals surface area contributed by atoms with Gasteiger partial charge in [-0.1, -0.05) is 103 Å². The van der Waals surface area contributed by atoms with E-state index in [1.165, 1.54) is 0 Å². The second-order valence-electron chi connectivity index (χ2n) is 12.6. The summed E-state index contributed by atoms with van der Waals surface area (Å²) in [6.07, 6.45) is 8.52. The number of nitrogens with zero attached hydrogens (tertiary/aromatic N) is 2. The Morgan fingerprint density at radius 3 is 1.02 bits per heavy atom. The molecule has 0 amide bonds. The van der Waals surface area contributed by atoms with E-state index in [4.69, 9.17) is 14.7 Å². The molecule has 2 aliphatic heterocycles. The lowest BCUT2D eigenvalue weighted by Gasteiger charge is -2.08. The molecule has 5 nitrogen and oxygen atoms in total. The highest BCUT2D eigenvalue weighted by Crippen LogP contribution is 2.38. The quantitative estimate of drug-likeness (QED) is 0.187. The molecule has 0 atom stereocenters. The first-order valence-electron chi connectivity index (χ1n) is 17.3. The van der Waals surface area contributed by atoms with E-state index in [0.717, 1.165) is 95.1 Å². The average molecular weight is 659 g/mol. The van der Waals surface area contributed by atoms with E-state index >= 15 is 0 Å². The number of fused-ring (bicyclic) bond motifs is 8. The van der Waals surface area contributed by atoms with Gasteiger partial charge in [-0.25, -0.2) is 9.97 Å². The molecule has 0 fully saturated rings. The van der Waals surface area contributed by atoms with Crippen LogP contribution in [0, 0.1) is 0 Å². The Balaban J connectivity index is 1.45. The third kappa shape index (κ3) is 5.65. The Bertz CT molecular complexity index is 2580. The Morgan fingerprint density at radius 2 is 0.706 bits per heavy atom. The first-order chi connectivity index (χ1) is 25.2. The monoisotopic (exact) mass is 658 g/mol. The molecule has 8 bridgehead atoms. The third-order valence-corrected chi connectivity index (χ3v) is 9.40. The molecule has 0 radical (unpaired) electrons. The highest BCUT2D eigenvalue weighted by Gasteiger charge is 2.18. The van der Waals surface area contributed by atoms with Gasteiger partial charge in [0.05, 0.1) is 29.4 Å². The van der Waals surface area contributed by atoms with Gasteiger partial charge in [0.2, 0.25) is 0 Å². The van der Waals surface area contributed by atoms with Crippen molar-refractivity contribution in [1.82, 2.24) is 19.9 Å². The lowest BCUT2D eigenvalue weighted by molar-refractivity contribution is 0.340. The van der Waals surface area contributed by atoms with Gasteiger partial charge < -0.3 is 14.7 Å². The molecular weight excluding hydrogens is 625 g/mol. The maximum absolute atomic E-state index is 5.80. The van der Waals surface area contributed by atoms with Gasteiger partial charge in [0.25, 0.3) is 0 Å². The molecule has 244 valence electrons. The first-order valence-corrected chi connectivity index (χ1v) is 17.3. The van der Waals surface area contributed by atoms with Crippen molar-refractivity contribution in [2.24, 2.45) is 0 Å². The van der Waals surface area contributed by atoms with Crippen LogP contribution in [0.3, 0.4) is 0 Å². The van der Waals surface area contributed by atoms with Gasteiger partial charge in [-0.05, 0) is 89.9 Å². The fourth-order valence-corrected chi connectivity index (χ4v) is 7.12. The molecule has 0 spiro atoms. The third-order valence-electron chi connectivity index (χ3n) is 9.40. The molecule has 0 unspecified atom stereocenters. The smallest absolute Gasteiger partial charge is 0.119 e. The molecule has 4 aromatic carbocycles. The summed E-state index contributed by atoms with van der Waals surface area (Å²) >= 11 is 0. The first kappa shape index (κ1) is 30.3. The molecule has 3 aromatic heterocycles. The minimum absolute atomic E-state index is 0.613. The molecular formula is C46H34N4O. The topological polar surface area (TPSA) is 66.6 Å². The van der Waals surface area contributed by atoms with Crippen molar-refractivity contribution in [1.29, 1.82) is 0 Å². The van der Waals surface area contributed by atoms with Crippen LogP contribution in [0.15, 0.2) is 140 Å². The van der Waals surface area contributed by atoms with Crippen molar-refractivity contribution in [3.05, 3.63) is 162 Å². The van der Waals surface area contributed by atoms with Crippen LogP contribution in [0.25, 0.3) is 90.9 Å². The SMILES string of the molecule is CCOc1ccc(-c2c3nc(c(-c4ccccc4)c4ccc([nH]4)c(-c4ccccc4)c4nc(c(-c5ccccc5)c5ccc2[nH]5)C=C4)C=C3)cc1. The largest absolute Gasteiger partial charge is 0.494 e. The summed E-state index contributed by atoms with van der Waals surface area (Å²) in [5.74, 6) is 0.838. The van der Waals surface area contributed by atoms with Crippen molar-refractivity contribution in [3.63, 3.8) is 0 Å². The molecule has 5 heteroatoms. The Hall–Kier alpha value is -6.72. The van der Waals surface area contributed by atoms with Crippen LogP contribution < -0.4 is 4.74 Å². The zero-order valence-corrected chi connectivity index (χ0v) is 28.1. The minimum Gasteiger partial charge on any atom is -0.494 e. The molecule has 2 N–H and O–H groups in total. The van der Waals surface area contributed by atoms with E-state index < -0.39 is 0 Å². The molecule has 51 heavy (non-hydrogen) atoms. The number of aromatic nitrogens is 4. The van der Waals surface area contributed by atoms with Crippen molar-refractivity contribution in [2.75, 3.05) is 6.61 Å². The van der Waals surface area contributed by atoms with Crippen LogP contribution >= 0.6 is 0 Å². The summed E-state index contributed by atoms with van der Waals surface area (Å²) in [4.78, 5) is 18.4. The van der Waals surface area contributed by atoms with Crippen LogP contribution in [0.5, 0.6) is 5.75 Å². The predicted molar refractivity (Wildman–Crippen MR) is 212 cm³/mol. The number of hydrogen-bond donors (Lipinski definition) is 2. The van der Waals surface area contributed by atoms with Crippen LogP contribution in [0.1, 0.15) is 29.7 Å². The number of rotatable bonds is 6. The van der Waals surface area contributed by atoms with Crippen LogP contribution in [-0.2, 0) is 0 Å². The molecule has 9 rings (SSSR count). The fourth-order valence-electron chi connectivity index (χ4n) is 7.12. The van der Waals surface area contributed by atoms with E-state index in [1.54, 1.807) is 0 Å². The molecule has 5 heterocycles. The maximum atomic E-state index is 5.80. The van der Waals surface area contributed by atoms with Gasteiger partial charge in [0.15, 0.2) is 0 Å². The number of nitrogens with one attached hydrogen (secondary N) is 2. The van der Waals surface area contributed by atoms with Gasteiger partial charge in [-0.15, -0.1) is 0 Å². The lowest BCUT2D eigenvalue weighted by atomic mass is 10.0. The Morgan fingerprint density at radius 1 is 0.392 bits per heavy atom. The molecule has 0 saturated heterocycles. The summed E-state index contributed by atoms with van der Waals surface area (Å²) < 4.78 is 5.80.